The number of piperidine rings is 1. The smallest absolute Gasteiger partial charge is 0.227 e. The van der Waals surface area contributed by atoms with Crippen molar-refractivity contribution in [2.45, 2.75) is 19.3 Å². The maximum absolute atomic E-state index is 13.2. The SMILES string of the molecule is O=C(S)C1CCN(C(=O)Cc2c[nH]c3cc(F)ccc23)CC1. The van der Waals surface area contributed by atoms with E-state index < -0.39 is 0 Å². The van der Waals surface area contributed by atoms with E-state index >= 15 is 0 Å². The molecule has 4 nitrogen and oxygen atoms in total. The number of hydrogen-bond acceptors (Lipinski definition) is 2. The number of halogens is 1. The Labute approximate surface area is 133 Å². The average molecular weight is 320 g/mol. The standard InChI is InChI=1S/C16H17FN2O2S/c17-12-1-2-13-11(9-18-14(13)8-12)7-15(20)19-5-3-10(4-6-19)16(21)22/h1-2,8-10,18H,3-7H2,(H,21,22). The predicted octanol–water partition coefficient (Wildman–Crippen LogP) is 2.54. The minimum Gasteiger partial charge on any atom is -0.361 e. The predicted molar refractivity (Wildman–Crippen MR) is 85.3 cm³/mol. The van der Waals surface area contributed by atoms with E-state index in [2.05, 4.69) is 17.6 Å². The quantitative estimate of drug-likeness (QED) is 0.854. The van der Waals surface area contributed by atoms with E-state index in [0.717, 1.165) is 10.9 Å². The number of carbonyl (C=O) groups excluding carboxylic acids is 2. The maximum Gasteiger partial charge on any atom is 0.227 e. The van der Waals surface area contributed by atoms with Crippen LogP contribution in [0, 0.1) is 11.7 Å². The maximum atomic E-state index is 13.2. The summed E-state index contributed by atoms with van der Waals surface area (Å²) < 4.78 is 13.2. The van der Waals surface area contributed by atoms with E-state index in [1.807, 2.05) is 0 Å². The van der Waals surface area contributed by atoms with Crippen LogP contribution in [0.3, 0.4) is 0 Å². The number of rotatable bonds is 3. The molecule has 0 aliphatic carbocycles. The van der Waals surface area contributed by atoms with Gasteiger partial charge in [-0.1, -0.05) is 0 Å². The Morgan fingerprint density at radius 2 is 2.05 bits per heavy atom. The van der Waals surface area contributed by atoms with Crippen LogP contribution in [0.1, 0.15) is 18.4 Å². The number of carbonyl (C=O) groups is 2. The molecule has 3 rings (SSSR count). The molecule has 6 heteroatoms. The third kappa shape index (κ3) is 3.02. The van der Waals surface area contributed by atoms with Crippen molar-refractivity contribution in [2.75, 3.05) is 13.1 Å². The second-order valence-corrected chi connectivity index (χ2v) is 6.11. The van der Waals surface area contributed by atoms with E-state index in [1.165, 1.54) is 12.1 Å². The van der Waals surface area contributed by atoms with Gasteiger partial charge in [-0.15, -0.1) is 12.6 Å². The Kier molecular flexibility index (Phi) is 4.20. The topological polar surface area (TPSA) is 53.2 Å². The van der Waals surface area contributed by atoms with Crippen molar-refractivity contribution in [2.24, 2.45) is 5.92 Å². The van der Waals surface area contributed by atoms with Crippen molar-refractivity contribution >= 4 is 34.6 Å². The molecule has 22 heavy (non-hydrogen) atoms. The van der Waals surface area contributed by atoms with Crippen molar-refractivity contribution in [1.82, 2.24) is 9.88 Å². The van der Waals surface area contributed by atoms with Gasteiger partial charge >= 0.3 is 0 Å². The van der Waals surface area contributed by atoms with E-state index in [-0.39, 0.29) is 29.2 Å². The highest BCUT2D eigenvalue weighted by Crippen LogP contribution is 2.23. The number of nitrogens with zero attached hydrogens (tertiary/aromatic N) is 1. The lowest BCUT2D eigenvalue weighted by Gasteiger charge is -2.30. The molecule has 0 unspecified atom stereocenters. The van der Waals surface area contributed by atoms with Crippen molar-refractivity contribution < 1.29 is 14.0 Å². The van der Waals surface area contributed by atoms with E-state index in [4.69, 9.17) is 0 Å². The molecule has 1 N–H and O–H groups in total. The molecule has 0 saturated carbocycles. The molecule has 1 saturated heterocycles. The number of amides is 1. The third-order valence-electron chi connectivity index (χ3n) is 4.27. The first-order valence-electron chi connectivity index (χ1n) is 7.30. The second-order valence-electron chi connectivity index (χ2n) is 5.67. The van der Waals surface area contributed by atoms with Crippen LogP contribution >= 0.6 is 12.6 Å². The fourth-order valence-corrected chi connectivity index (χ4v) is 3.21. The van der Waals surface area contributed by atoms with Gasteiger partial charge < -0.3 is 9.88 Å². The van der Waals surface area contributed by atoms with Gasteiger partial charge in [-0.3, -0.25) is 9.59 Å². The number of H-pyrrole nitrogens is 1. The molecule has 0 atom stereocenters. The lowest BCUT2D eigenvalue weighted by atomic mass is 9.97. The Hall–Kier alpha value is -1.82. The number of hydrogen-bond donors (Lipinski definition) is 2. The number of benzene rings is 1. The van der Waals surface area contributed by atoms with E-state index in [9.17, 15) is 14.0 Å². The normalized spacial score (nSPS) is 16.2. The van der Waals surface area contributed by atoms with Crippen LogP contribution in [0.25, 0.3) is 10.9 Å². The minimum atomic E-state index is -0.300. The summed E-state index contributed by atoms with van der Waals surface area (Å²) in [7, 11) is 0. The molecule has 1 amide bonds. The van der Waals surface area contributed by atoms with Gasteiger partial charge in [0.2, 0.25) is 5.91 Å². The van der Waals surface area contributed by atoms with Gasteiger partial charge in [0, 0.05) is 36.1 Å². The molecule has 1 fully saturated rings. The Balaban J connectivity index is 1.68. The second kappa shape index (κ2) is 6.12. The monoisotopic (exact) mass is 320 g/mol. The van der Waals surface area contributed by atoms with Crippen LogP contribution in [-0.4, -0.2) is 34.0 Å². The van der Waals surface area contributed by atoms with Crippen molar-refractivity contribution in [3.8, 4) is 0 Å². The van der Waals surface area contributed by atoms with Crippen LogP contribution in [-0.2, 0) is 16.0 Å². The Bertz CT molecular complexity index is 720. The number of aromatic nitrogens is 1. The van der Waals surface area contributed by atoms with Gasteiger partial charge in [0.15, 0.2) is 5.12 Å². The van der Waals surface area contributed by atoms with Crippen LogP contribution in [0.4, 0.5) is 4.39 Å². The van der Waals surface area contributed by atoms with Crippen molar-refractivity contribution in [3.05, 3.63) is 35.8 Å². The van der Waals surface area contributed by atoms with Gasteiger partial charge in [0.1, 0.15) is 5.82 Å². The number of nitrogens with one attached hydrogen (secondary N) is 1. The molecule has 0 bridgehead atoms. The molecule has 1 aromatic heterocycles. The first-order valence-corrected chi connectivity index (χ1v) is 7.75. The summed E-state index contributed by atoms with van der Waals surface area (Å²) in [6, 6.07) is 4.51. The highest BCUT2D eigenvalue weighted by atomic mass is 32.1. The molecule has 1 aromatic carbocycles. The zero-order valence-electron chi connectivity index (χ0n) is 12.0. The molecule has 1 aliphatic rings. The molecular weight excluding hydrogens is 303 g/mol. The summed E-state index contributed by atoms with van der Waals surface area (Å²) in [6.45, 7) is 1.18. The molecule has 1 aliphatic heterocycles. The number of likely N-dealkylation sites (tertiary alicyclic amines) is 1. The highest BCUT2D eigenvalue weighted by molar-refractivity contribution is 7.96. The van der Waals surface area contributed by atoms with Gasteiger partial charge in [-0.2, -0.15) is 0 Å². The van der Waals surface area contributed by atoms with Crippen molar-refractivity contribution in [3.63, 3.8) is 0 Å². The third-order valence-corrected chi connectivity index (χ3v) is 4.63. The average Bonchev–Trinajstić information content (AvgIpc) is 2.89. The zero-order chi connectivity index (χ0) is 15.7. The molecule has 0 spiro atoms. The zero-order valence-corrected chi connectivity index (χ0v) is 12.9. The molecule has 116 valence electrons. The van der Waals surface area contributed by atoms with Crippen LogP contribution in [0.15, 0.2) is 24.4 Å². The van der Waals surface area contributed by atoms with Gasteiger partial charge in [0.05, 0.1) is 6.42 Å². The van der Waals surface area contributed by atoms with E-state index in [0.29, 0.717) is 31.4 Å². The van der Waals surface area contributed by atoms with Crippen molar-refractivity contribution in [1.29, 1.82) is 0 Å². The summed E-state index contributed by atoms with van der Waals surface area (Å²) >= 11 is 3.87. The largest absolute Gasteiger partial charge is 0.361 e. The summed E-state index contributed by atoms with van der Waals surface area (Å²) in [5.41, 5.74) is 1.56. The van der Waals surface area contributed by atoms with E-state index in [1.54, 1.807) is 17.2 Å². The Morgan fingerprint density at radius 3 is 2.73 bits per heavy atom. The number of fused-ring (bicyclic) bond motifs is 1. The number of thiol groups is 1. The molecule has 2 aromatic rings. The summed E-state index contributed by atoms with van der Waals surface area (Å²) in [5.74, 6) is -0.301. The first kappa shape index (κ1) is 15.1. The fraction of sp³-hybridized carbons (Fsp3) is 0.375. The highest BCUT2D eigenvalue weighted by Gasteiger charge is 2.26. The van der Waals surface area contributed by atoms with Gasteiger partial charge in [-0.25, -0.2) is 4.39 Å². The molecule has 2 heterocycles. The summed E-state index contributed by atoms with van der Waals surface area (Å²) in [5, 5.41) is 0.779. The summed E-state index contributed by atoms with van der Waals surface area (Å²) in [6.07, 6.45) is 3.39. The Morgan fingerprint density at radius 1 is 1.32 bits per heavy atom. The van der Waals surface area contributed by atoms with Crippen LogP contribution < -0.4 is 0 Å². The van der Waals surface area contributed by atoms with Crippen LogP contribution in [0.5, 0.6) is 0 Å². The fourth-order valence-electron chi connectivity index (χ4n) is 2.96. The molecular formula is C16H17FN2O2S. The minimum absolute atomic E-state index is 0.0373. The summed E-state index contributed by atoms with van der Waals surface area (Å²) in [4.78, 5) is 28.4. The van der Waals surface area contributed by atoms with Gasteiger partial charge in [-0.05, 0) is 36.6 Å². The number of aromatic amines is 1. The lowest BCUT2D eigenvalue weighted by molar-refractivity contribution is -0.133. The van der Waals surface area contributed by atoms with Gasteiger partial charge in [0.25, 0.3) is 0 Å². The van der Waals surface area contributed by atoms with Crippen LogP contribution in [0.2, 0.25) is 0 Å². The lowest BCUT2D eigenvalue weighted by Crippen LogP contribution is -2.40. The molecule has 0 radical (unpaired) electrons. The first-order chi connectivity index (χ1) is 10.5.